The summed E-state index contributed by atoms with van der Waals surface area (Å²) in [7, 11) is 0. The van der Waals surface area contributed by atoms with Gasteiger partial charge in [0.15, 0.2) is 5.11 Å². The fourth-order valence-electron chi connectivity index (χ4n) is 2.29. The van der Waals surface area contributed by atoms with E-state index in [1.54, 1.807) is 11.3 Å². The highest BCUT2D eigenvalue weighted by Gasteiger charge is 2.06. The van der Waals surface area contributed by atoms with E-state index in [2.05, 4.69) is 40.1 Å². The Morgan fingerprint density at radius 1 is 1.17 bits per heavy atom. The molecule has 3 rings (SSSR count). The van der Waals surface area contributed by atoms with Crippen molar-refractivity contribution in [2.45, 2.75) is 6.42 Å². The van der Waals surface area contributed by atoms with Gasteiger partial charge < -0.3 is 10.6 Å². The lowest BCUT2D eigenvalue weighted by Gasteiger charge is -2.10. The average molecular weight is 374 g/mol. The number of hydrogen-bond donors (Lipinski definition) is 2. The number of nitrogens with zero attached hydrogens (tertiary/aromatic N) is 1. The lowest BCUT2D eigenvalue weighted by atomic mass is 10.2. The maximum Gasteiger partial charge on any atom is 0.170 e. The van der Waals surface area contributed by atoms with Crippen LogP contribution in [0.25, 0.3) is 20.8 Å². The first-order valence-corrected chi connectivity index (χ1v) is 10.4. The molecule has 0 aliphatic rings. The summed E-state index contributed by atoms with van der Waals surface area (Å²) in [5.41, 5.74) is 3.16. The number of benzene rings is 2. The summed E-state index contributed by atoms with van der Waals surface area (Å²) >= 11 is 8.88. The molecule has 3 aromatic rings. The predicted molar refractivity (Wildman–Crippen MR) is 112 cm³/mol. The second-order valence-electron chi connectivity index (χ2n) is 5.29. The van der Waals surface area contributed by atoms with Crippen LogP contribution in [0.5, 0.6) is 0 Å². The molecule has 0 atom stereocenters. The fraction of sp³-hybridized carbons (Fsp3) is 0.222. The number of aromatic nitrogens is 1. The Morgan fingerprint density at radius 2 is 1.96 bits per heavy atom. The van der Waals surface area contributed by atoms with Crippen molar-refractivity contribution in [3.05, 3.63) is 48.5 Å². The van der Waals surface area contributed by atoms with Gasteiger partial charge in [-0.25, -0.2) is 4.98 Å². The van der Waals surface area contributed by atoms with Crippen LogP contribution in [0.4, 0.5) is 5.69 Å². The molecule has 0 spiro atoms. The van der Waals surface area contributed by atoms with Crippen LogP contribution < -0.4 is 10.6 Å². The van der Waals surface area contributed by atoms with Gasteiger partial charge in [0.2, 0.25) is 0 Å². The third-order valence-electron chi connectivity index (χ3n) is 3.49. The highest BCUT2D eigenvalue weighted by molar-refractivity contribution is 7.98. The van der Waals surface area contributed by atoms with Crippen molar-refractivity contribution in [1.82, 2.24) is 10.3 Å². The van der Waals surface area contributed by atoms with Gasteiger partial charge in [0.05, 0.1) is 10.2 Å². The number of nitrogens with one attached hydrogen (secondary N) is 2. The van der Waals surface area contributed by atoms with E-state index in [1.165, 1.54) is 4.70 Å². The number of thiazole rings is 1. The molecular weight excluding hydrogens is 354 g/mol. The van der Waals surface area contributed by atoms with Crippen LogP contribution in [-0.4, -0.2) is 28.6 Å². The van der Waals surface area contributed by atoms with Gasteiger partial charge in [-0.3, -0.25) is 0 Å². The minimum absolute atomic E-state index is 0.670. The highest BCUT2D eigenvalue weighted by atomic mass is 32.2. The first-order valence-electron chi connectivity index (χ1n) is 7.76. The summed E-state index contributed by atoms with van der Waals surface area (Å²) in [6.45, 7) is 0.899. The van der Waals surface area contributed by atoms with Crippen LogP contribution in [0.15, 0.2) is 48.5 Å². The smallest absolute Gasteiger partial charge is 0.170 e. The molecule has 0 aliphatic carbocycles. The molecule has 0 fully saturated rings. The first kappa shape index (κ1) is 17.2. The topological polar surface area (TPSA) is 37.0 Å². The van der Waals surface area contributed by atoms with Gasteiger partial charge in [-0.05, 0) is 67.0 Å². The summed E-state index contributed by atoms with van der Waals surface area (Å²) < 4.78 is 1.21. The van der Waals surface area contributed by atoms with Crippen molar-refractivity contribution in [3.63, 3.8) is 0 Å². The first-order chi connectivity index (χ1) is 11.8. The van der Waals surface area contributed by atoms with Crippen molar-refractivity contribution in [2.75, 3.05) is 23.9 Å². The molecule has 0 unspecified atom stereocenters. The third-order valence-corrected chi connectivity index (χ3v) is 5.52. The van der Waals surface area contributed by atoms with Gasteiger partial charge in [0.25, 0.3) is 0 Å². The van der Waals surface area contributed by atoms with Crippen LogP contribution in [0.3, 0.4) is 0 Å². The molecule has 0 saturated heterocycles. The molecule has 1 heterocycles. The number of thiocarbonyl (C=S) groups is 1. The van der Waals surface area contributed by atoms with Gasteiger partial charge in [-0.1, -0.05) is 12.1 Å². The summed E-state index contributed by atoms with van der Waals surface area (Å²) in [5, 5.41) is 8.16. The number of fused-ring (bicyclic) bond motifs is 1. The summed E-state index contributed by atoms with van der Waals surface area (Å²) in [6.07, 6.45) is 3.23. The van der Waals surface area contributed by atoms with Gasteiger partial charge in [0.1, 0.15) is 5.01 Å². The molecule has 124 valence electrons. The highest BCUT2D eigenvalue weighted by Crippen LogP contribution is 2.30. The Hall–Kier alpha value is -1.63. The third kappa shape index (κ3) is 4.47. The number of anilines is 1. The predicted octanol–water partition coefficient (Wildman–Crippen LogP) is 5.00. The average Bonchev–Trinajstić information content (AvgIpc) is 3.03. The fourth-order valence-corrected chi connectivity index (χ4v) is 3.91. The van der Waals surface area contributed by atoms with Crippen LogP contribution in [-0.2, 0) is 0 Å². The maximum absolute atomic E-state index is 5.32. The molecule has 2 N–H and O–H groups in total. The van der Waals surface area contributed by atoms with E-state index in [0.29, 0.717) is 5.11 Å². The standard InChI is InChI=1S/C18H19N3S3/c1-23-12-4-11-19-18(22)20-14-9-7-13(8-10-14)17-21-15-5-2-3-6-16(15)24-17/h2-3,5-10H,4,11-12H2,1H3,(H2,19,20,22). The van der Waals surface area contributed by atoms with Crippen LogP contribution >= 0.6 is 35.3 Å². The van der Waals surface area contributed by atoms with Crippen molar-refractivity contribution >= 4 is 56.3 Å². The lowest BCUT2D eigenvalue weighted by Crippen LogP contribution is -2.29. The quantitative estimate of drug-likeness (QED) is 0.470. The molecule has 6 heteroatoms. The molecule has 0 radical (unpaired) electrons. The van der Waals surface area contributed by atoms with E-state index in [9.17, 15) is 0 Å². The summed E-state index contributed by atoms with van der Waals surface area (Å²) in [4.78, 5) is 4.69. The molecule has 2 aromatic carbocycles. The van der Waals surface area contributed by atoms with Crippen molar-refractivity contribution in [2.24, 2.45) is 0 Å². The Morgan fingerprint density at radius 3 is 2.71 bits per heavy atom. The lowest BCUT2D eigenvalue weighted by molar-refractivity contribution is 0.855. The number of hydrogen-bond acceptors (Lipinski definition) is 4. The molecule has 24 heavy (non-hydrogen) atoms. The monoisotopic (exact) mass is 373 g/mol. The number of para-hydroxylation sites is 1. The largest absolute Gasteiger partial charge is 0.362 e. The van der Waals surface area contributed by atoms with Crippen LogP contribution in [0.2, 0.25) is 0 Å². The van der Waals surface area contributed by atoms with E-state index in [-0.39, 0.29) is 0 Å². The molecule has 3 nitrogen and oxygen atoms in total. The zero-order valence-corrected chi connectivity index (χ0v) is 15.9. The van der Waals surface area contributed by atoms with Gasteiger partial charge in [-0.2, -0.15) is 11.8 Å². The molecule has 0 amide bonds. The van der Waals surface area contributed by atoms with Gasteiger partial charge in [-0.15, -0.1) is 11.3 Å². The second-order valence-corrected chi connectivity index (χ2v) is 7.72. The van der Waals surface area contributed by atoms with E-state index >= 15 is 0 Å². The van der Waals surface area contributed by atoms with Crippen LogP contribution in [0.1, 0.15) is 6.42 Å². The maximum atomic E-state index is 5.32. The molecule has 0 saturated carbocycles. The Labute approximate surface area is 155 Å². The summed E-state index contributed by atoms with van der Waals surface area (Å²) in [5.74, 6) is 1.15. The second kappa shape index (κ2) is 8.46. The van der Waals surface area contributed by atoms with Crippen LogP contribution in [0, 0.1) is 0 Å². The van der Waals surface area contributed by atoms with Gasteiger partial charge >= 0.3 is 0 Å². The Balaban J connectivity index is 1.61. The van der Waals surface area contributed by atoms with E-state index < -0.39 is 0 Å². The van der Waals surface area contributed by atoms with Crippen molar-refractivity contribution < 1.29 is 0 Å². The Bertz CT molecular complexity index is 779. The zero-order valence-electron chi connectivity index (χ0n) is 13.4. The minimum Gasteiger partial charge on any atom is -0.362 e. The molecule has 1 aromatic heterocycles. The van der Waals surface area contributed by atoms with E-state index in [0.717, 1.165) is 40.5 Å². The zero-order chi connectivity index (χ0) is 16.8. The number of rotatable bonds is 6. The van der Waals surface area contributed by atoms with Crippen molar-refractivity contribution in [1.29, 1.82) is 0 Å². The Kier molecular flexibility index (Phi) is 6.07. The van der Waals surface area contributed by atoms with Gasteiger partial charge in [0, 0.05) is 17.8 Å². The van der Waals surface area contributed by atoms with Crippen molar-refractivity contribution in [3.8, 4) is 10.6 Å². The van der Waals surface area contributed by atoms with E-state index in [1.807, 2.05) is 42.1 Å². The summed E-state index contributed by atoms with van der Waals surface area (Å²) in [6, 6.07) is 16.5. The molecule has 0 aliphatic heterocycles. The molecular formula is C18H19N3S3. The SMILES string of the molecule is CSCCCNC(=S)Nc1ccc(-c2nc3ccccc3s2)cc1. The van der Waals surface area contributed by atoms with E-state index in [4.69, 9.17) is 12.2 Å². The minimum atomic E-state index is 0.670. The normalized spacial score (nSPS) is 10.7. The number of thioether (sulfide) groups is 1. The molecule has 0 bridgehead atoms.